The van der Waals surface area contributed by atoms with E-state index in [4.69, 9.17) is 4.42 Å². The van der Waals surface area contributed by atoms with Gasteiger partial charge in [-0.25, -0.2) is 4.98 Å². The van der Waals surface area contributed by atoms with Gasteiger partial charge >= 0.3 is 0 Å². The number of hydrogen-bond acceptors (Lipinski definition) is 6. The Morgan fingerprint density at radius 3 is 2.76 bits per heavy atom. The zero-order valence-corrected chi connectivity index (χ0v) is 16.9. The average molecular weight is 410 g/mol. The predicted octanol–water partition coefficient (Wildman–Crippen LogP) is 3.55. The molecule has 1 aliphatic heterocycles. The van der Waals surface area contributed by atoms with Crippen LogP contribution in [0.3, 0.4) is 0 Å². The van der Waals surface area contributed by atoms with Crippen molar-refractivity contribution < 1.29 is 14.0 Å². The lowest BCUT2D eigenvalue weighted by atomic mass is 10.1. The number of aryl methyl sites for hydroxylation is 1. The molecule has 0 aliphatic carbocycles. The fourth-order valence-electron chi connectivity index (χ4n) is 3.23. The van der Waals surface area contributed by atoms with Crippen LogP contribution >= 0.6 is 11.3 Å². The average Bonchev–Trinajstić information content (AvgIpc) is 3.37. The maximum atomic E-state index is 12.4. The van der Waals surface area contributed by atoms with Crippen LogP contribution in [0.25, 0.3) is 0 Å². The Labute approximate surface area is 172 Å². The van der Waals surface area contributed by atoms with Gasteiger partial charge in [0.1, 0.15) is 0 Å². The van der Waals surface area contributed by atoms with Crippen LogP contribution in [0.1, 0.15) is 33.6 Å². The molecule has 0 fully saturated rings. The molecule has 0 atom stereocenters. The van der Waals surface area contributed by atoms with E-state index < -0.39 is 0 Å². The van der Waals surface area contributed by atoms with Gasteiger partial charge < -0.3 is 9.73 Å². The molecule has 0 unspecified atom stereocenters. The molecule has 0 spiro atoms. The van der Waals surface area contributed by atoms with Crippen LogP contribution in [0.15, 0.2) is 47.1 Å². The fraction of sp³-hybridized carbons (Fsp3) is 0.286. The largest absolute Gasteiger partial charge is 0.459 e. The fourth-order valence-corrected chi connectivity index (χ4v) is 4.28. The smallest absolute Gasteiger partial charge is 0.293 e. The molecule has 0 bridgehead atoms. The number of carbonyl (C=O) groups is 2. The van der Waals surface area contributed by atoms with E-state index in [-0.39, 0.29) is 17.6 Å². The highest BCUT2D eigenvalue weighted by Crippen LogP contribution is 2.28. The molecular weight excluding hydrogens is 388 g/mol. The Balaban J connectivity index is 1.32. The van der Waals surface area contributed by atoms with Crippen molar-refractivity contribution >= 4 is 34.0 Å². The first kappa shape index (κ1) is 19.4. The van der Waals surface area contributed by atoms with Crippen LogP contribution in [-0.2, 0) is 24.2 Å². The van der Waals surface area contributed by atoms with Gasteiger partial charge in [-0.2, -0.15) is 0 Å². The van der Waals surface area contributed by atoms with Crippen LogP contribution in [0.2, 0.25) is 0 Å². The summed E-state index contributed by atoms with van der Waals surface area (Å²) in [6, 6.07) is 11.2. The number of thiazole rings is 1. The third-order valence-corrected chi connectivity index (χ3v) is 5.79. The number of nitrogens with zero attached hydrogens (tertiary/aromatic N) is 2. The lowest BCUT2D eigenvalue weighted by Crippen LogP contribution is -2.36. The molecule has 3 heterocycles. The van der Waals surface area contributed by atoms with E-state index in [0.29, 0.717) is 18.2 Å². The molecule has 29 heavy (non-hydrogen) atoms. The minimum atomic E-state index is -0.313. The molecule has 150 valence electrons. The Kier molecular flexibility index (Phi) is 5.73. The summed E-state index contributed by atoms with van der Waals surface area (Å²) in [7, 11) is 0. The van der Waals surface area contributed by atoms with Gasteiger partial charge in [0, 0.05) is 30.1 Å². The van der Waals surface area contributed by atoms with Crippen molar-refractivity contribution in [2.24, 2.45) is 0 Å². The van der Waals surface area contributed by atoms with Gasteiger partial charge in [-0.05, 0) is 36.2 Å². The topological polar surface area (TPSA) is 87.5 Å². The number of amides is 2. The zero-order valence-electron chi connectivity index (χ0n) is 16.1. The van der Waals surface area contributed by atoms with Crippen molar-refractivity contribution in [3.8, 4) is 0 Å². The molecule has 2 N–H and O–H groups in total. The highest BCUT2D eigenvalue weighted by Gasteiger charge is 2.23. The zero-order chi connectivity index (χ0) is 20.2. The molecule has 2 amide bonds. The van der Waals surface area contributed by atoms with Crippen LogP contribution < -0.4 is 10.6 Å². The summed E-state index contributed by atoms with van der Waals surface area (Å²) < 4.78 is 5.10. The lowest BCUT2D eigenvalue weighted by molar-refractivity contribution is -0.117. The molecule has 7 nitrogen and oxygen atoms in total. The van der Waals surface area contributed by atoms with Gasteiger partial charge in [-0.15, -0.1) is 11.3 Å². The second kappa shape index (κ2) is 8.59. The first-order valence-corrected chi connectivity index (χ1v) is 10.4. The van der Waals surface area contributed by atoms with Gasteiger partial charge in [0.15, 0.2) is 10.9 Å². The number of hydrogen-bond donors (Lipinski definition) is 2. The summed E-state index contributed by atoms with van der Waals surface area (Å²) in [6.07, 6.45) is 3.19. The second-order valence-electron chi connectivity index (χ2n) is 6.88. The van der Waals surface area contributed by atoms with E-state index in [1.165, 1.54) is 23.2 Å². The van der Waals surface area contributed by atoms with Crippen LogP contribution in [0.4, 0.5) is 10.8 Å². The molecule has 2 aromatic heterocycles. The van der Waals surface area contributed by atoms with Crippen molar-refractivity contribution in [1.82, 2.24) is 9.88 Å². The summed E-state index contributed by atoms with van der Waals surface area (Å²) in [5.74, 6) is -0.0941. The van der Waals surface area contributed by atoms with Crippen molar-refractivity contribution in [3.05, 3.63) is 64.6 Å². The Morgan fingerprint density at radius 1 is 1.21 bits per heavy atom. The molecule has 0 saturated heterocycles. The number of nitrogens with one attached hydrogen (secondary N) is 2. The van der Waals surface area contributed by atoms with Gasteiger partial charge in [0.05, 0.1) is 18.5 Å². The number of benzene rings is 1. The van der Waals surface area contributed by atoms with Gasteiger partial charge in [0.25, 0.3) is 5.91 Å². The van der Waals surface area contributed by atoms with E-state index in [1.54, 1.807) is 12.1 Å². The predicted molar refractivity (Wildman–Crippen MR) is 112 cm³/mol. The van der Waals surface area contributed by atoms with E-state index in [1.807, 2.05) is 24.3 Å². The van der Waals surface area contributed by atoms with Gasteiger partial charge in [-0.1, -0.05) is 19.1 Å². The van der Waals surface area contributed by atoms with Crippen molar-refractivity contribution in [2.45, 2.75) is 26.3 Å². The number of fused-ring (bicyclic) bond motifs is 1. The molecule has 1 aromatic carbocycles. The van der Waals surface area contributed by atoms with Gasteiger partial charge in [-0.3, -0.25) is 19.8 Å². The maximum absolute atomic E-state index is 12.4. The summed E-state index contributed by atoms with van der Waals surface area (Å²) in [4.78, 5) is 32.2. The Hall–Kier alpha value is -2.97. The summed E-state index contributed by atoms with van der Waals surface area (Å²) in [5.41, 5.74) is 3.04. The molecule has 3 aromatic rings. The summed E-state index contributed by atoms with van der Waals surface area (Å²) in [5, 5.41) is 6.28. The van der Waals surface area contributed by atoms with E-state index in [0.717, 1.165) is 35.6 Å². The van der Waals surface area contributed by atoms with Crippen molar-refractivity contribution in [1.29, 1.82) is 0 Å². The Morgan fingerprint density at radius 2 is 2.03 bits per heavy atom. The highest BCUT2D eigenvalue weighted by molar-refractivity contribution is 7.15. The monoisotopic (exact) mass is 410 g/mol. The maximum Gasteiger partial charge on any atom is 0.293 e. The van der Waals surface area contributed by atoms with E-state index in [2.05, 4.69) is 27.4 Å². The van der Waals surface area contributed by atoms with Crippen molar-refractivity contribution in [3.63, 3.8) is 0 Å². The second-order valence-corrected chi connectivity index (χ2v) is 7.96. The molecule has 0 saturated carbocycles. The minimum Gasteiger partial charge on any atom is -0.459 e. The molecule has 0 radical (unpaired) electrons. The lowest BCUT2D eigenvalue weighted by Gasteiger charge is -2.25. The molecule has 4 rings (SSSR count). The number of furan rings is 1. The SMILES string of the molecule is CCc1ccc(NC(=O)CN2CCc3nc(NC(=O)c4ccco4)sc3C2)cc1. The van der Waals surface area contributed by atoms with Crippen molar-refractivity contribution in [2.75, 3.05) is 23.7 Å². The summed E-state index contributed by atoms with van der Waals surface area (Å²) in [6.45, 7) is 3.82. The van der Waals surface area contributed by atoms with E-state index >= 15 is 0 Å². The first-order valence-electron chi connectivity index (χ1n) is 9.55. The Bertz CT molecular complexity index is 996. The normalized spacial score (nSPS) is 13.7. The third-order valence-electron chi connectivity index (χ3n) is 4.79. The minimum absolute atomic E-state index is 0.0337. The summed E-state index contributed by atoms with van der Waals surface area (Å²) >= 11 is 1.44. The van der Waals surface area contributed by atoms with Crippen LogP contribution in [0.5, 0.6) is 0 Å². The van der Waals surface area contributed by atoms with E-state index in [9.17, 15) is 9.59 Å². The third kappa shape index (κ3) is 4.72. The number of anilines is 2. The molecule has 8 heteroatoms. The first-order chi connectivity index (χ1) is 14.1. The number of aromatic nitrogens is 1. The number of rotatable bonds is 6. The number of carbonyl (C=O) groups excluding carboxylic acids is 2. The highest BCUT2D eigenvalue weighted by atomic mass is 32.1. The van der Waals surface area contributed by atoms with Crippen LogP contribution in [0, 0.1) is 0 Å². The van der Waals surface area contributed by atoms with Crippen LogP contribution in [-0.4, -0.2) is 34.8 Å². The molecular formula is C21H22N4O3S. The quantitative estimate of drug-likeness (QED) is 0.649. The van der Waals surface area contributed by atoms with Gasteiger partial charge in [0.2, 0.25) is 5.91 Å². The standard InChI is InChI=1S/C21H22N4O3S/c1-2-14-5-7-15(8-6-14)22-19(26)13-25-10-9-16-18(12-25)29-21(23-16)24-20(27)17-4-3-11-28-17/h3-8,11H,2,9-10,12-13H2,1H3,(H,22,26)(H,23,24,27). The molecule has 1 aliphatic rings.